The third-order valence-corrected chi connectivity index (χ3v) is 3.87. The first-order valence-corrected chi connectivity index (χ1v) is 7.44. The van der Waals surface area contributed by atoms with E-state index in [1.165, 1.54) is 5.75 Å². The highest BCUT2D eigenvalue weighted by atomic mass is 32.2. The summed E-state index contributed by atoms with van der Waals surface area (Å²) in [4.78, 5) is 4.27. The second kappa shape index (κ2) is 5.41. The van der Waals surface area contributed by atoms with Gasteiger partial charge in [-0.3, -0.25) is 0 Å². The Morgan fingerprint density at radius 3 is 3.19 bits per heavy atom. The van der Waals surface area contributed by atoms with Crippen LogP contribution in [0.25, 0.3) is 10.2 Å². The Kier molecular flexibility index (Phi) is 3.90. The van der Waals surface area contributed by atoms with Crippen LogP contribution < -0.4 is 11.1 Å². The molecule has 0 aliphatic carbocycles. The third-order valence-electron chi connectivity index (χ3n) is 2.38. The molecule has 0 spiro atoms. The summed E-state index contributed by atoms with van der Waals surface area (Å²) >= 11 is 3.48. The first kappa shape index (κ1) is 11.5. The number of nitrogens with zero attached hydrogens (tertiary/aromatic N) is 1. The van der Waals surface area contributed by atoms with E-state index < -0.39 is 0 Å². The molecule has 0 bridgehead atoms. The van der Waals surface area contributed by atoms with Crippen molar-refractivity contribution < 1.29 is 0 Å². The van der Waals surface area contributed by atoms with Crippen molar-refractivity contribution in [2.45, 2.75) is 6.42 Å². The van der Waals surface area contributed by atoms with Crippen LogP contribution in [-0.4, -0.2) is 23.5 Å². The summed E-state index contributed by atoms with van der Waals surface area (Å²) in [5, 5.41) is 3.36. The van der Waals surface area contributed by atoms with E-state index in [2.05, 4.69) is 22.6 Å². The molecule has 0 aliphatic heterocycles. The highest BCUT2D eigenvalue weighted by molar-refractivity contribution is 7.98. The number of thioether (sulfide) groups is 1. The van der Waals surface area contributed by atoms with Crippen LogP contribution in [0.2, 0.25) is 0 Å². The van der Waals surface area contributed by atoms with E-state index in [1.54, 1.807) is 11.3 Å². The van der Waals surface area contributed by atoms with Gasteiger partial charge in [0.05, 0.1) is 21.6 Å². The van der Waals surface area contributed by atoms with Crippen molar-refractivity contribution in [3.05, 3.63) is 17.6 Å². The van der Waals surface area contributed by atoms with Gasteiger partial charge in [-0.2, -0.15) is 11.8 Å². The Morgan fingerprint density at radius 2 is 2.38 bits per heavy atom. The number of nitrogens with two attached hydrogens (primary N) is 1. The van der Waals surface area contributed by atoms with Crippen molar-refractivity contribution in [2.24, 2.45) is 0 Å². The molecule has 0 atom stereocenters. The summed E-state index contributed by atoms with van der Waals surface area (Å²) < 4.78 is 1.15. The largest absolute Gasteiger partial charge is 0.395 e. The fraction of sp³-hybridized carbons (Fsp3) is 0.364. The van der Waals surface area contributed by atoms with Crippen LogP contribution in [0.1, 0.15) is 6.42 Å². The smallest absolute Gasteiger partial charge is 0.106 e. The van der Waals surface area contributed by atoms with Gasteiger partial charge in [0, 0.05) is 6.54 Å². The van der Waals surface area contributed by atoms with Crippen molar-refractivity contribution in [3.8, 4) is 0 Å². The maximum Gasteiger partial charge on any atom is 0.106 e. The average molecular weight is 253 g/mol. The zero-order valence-electron chi connectivity index (χ0n) is 9.19. The summed E-state index contributed by atoms with van der Waals surface area (Å²) in [6.07, 6.45) is 3.27. The lowest BCUT2D eigenvalue weighted by Crippen LogP contribution is -2.05. The van der Waals surface area contributed by atoms with Gasteiger partial charge in [0.15, 0.2) is 0 Å². The van der Waals surface area contributed by atoms with Gasteiger partial charge >= 0.3 is 0 Å². The fourth-order valence-corrected chi connectivity index (χ4v) is 2.67. The van der Waals surface area contributed by atoms with Crippen LogP contribution in [0.5, 0.6) is 0 Å². The van der Waals surface area contributed by atoms with Crippen LogP contribution in [0.4, 0.5) is 11.4 Å². The minimum atomic E-state index is 0.767. The van der Waals surface area contributed by atoms with Gasteiger partial charge in [0.2, 0.25) is 0 Å². The van der Waals surface area contributed by atoms with Gasteiger partial charge in [-0.1, -0.05) is 0 Å². The van der Waals surface area contributed by atoms with Crippen LogP contribution in [-0.2, 0) is 0 Å². The number of hydrogen-bond donors (Lipinski definition) is 2. The highest BCUT2D eigenvalue weighted by Crippen LogP contribution is 2.29. The number of fused-ring (bicyclic) bond motifs is 1. The highest BCUT2D eigenvalue weighted by Gasteiger charge is 2.05. The number of thiazole rings is 1. The van der Waals surface area contributed by atoms with Gasteiger partial charge in [0.25, 0.3) is 0 Å². The maximum absolute atomic E-state index is 6.05. The van der Waals surface area contributed by atoms with Crippen molar-refractivity contribution in [2.75, 3.05) is 29.6 Å². The molecule has 1 aromatic heterocycles. The number of aromatic nitrogens is 1. The van der Waals surface area contributed by atoms with E-state index >= 15 is 0 Å². The lowest BCUT2D eigenvalue weighted by Gasteiger charge is -2.08. The second-order valence-corrected chi connectivity index (χ2v) is 5.37. The summed E-state index contributed by atoms with van der Waals surface area (Å²) in [7, 11) is 0. The number of anilines is 2. The van der Waals surface area contributed by atoms with Gasteiger partial charge in [-0.15, -0.1) is 11.3 Å². The third kappa shape index (κ3) is 2.41. The number of nitrogens with one attached hydrogen (secondary N) is 1. The number of hydrogen-bond acceptors (Lipinski definition) is 5. The van der Waals surface area contributed by atoms with E-state index in [0.717, 1.165) is 34.6 Å². The molecular formula is C11H15N3S2. The van der Waals surface area contributed by atoms with E-state index in [0.29, 0.717) is 0 Å². The Hall–Kier alpha value is -0.940. The molecule has 0 saturated heterocycles. The molecule has 0 amide bonds. The van der Waals surface area contributed by atoms with Gasteiger partial charge in [-0.05, 0) is 30.6 Å². The summed E-state index contributed by atoms with van der Waals surface area (Å²) in [5.41, 5.74) is 10.6. The molecule has 0 fully saturated rings. The second-order valence-electron chi connectivity index (χ2n) is 3.50. The quantitative estimate of drug-likeness (QED) is 0.635. The molecule has 1 heterocycles. The Balaban J connectivity index is 2.09. The molecule has 3 nitrogen and oxygen atoms in total. The minimum Gasteiger partial charge on any atom is -0.395 e. The topological polar surface area (TPSA) is 50.9 Å². The summed E-state index contributed by atoms with van der Waals surface area (Å²) in [6, 6.07) is 4.11. The van der Waals surface area contributed by atoms with Gasteiger partial charge < -0.3 is 11.1 Å². The fourth-order valence-electron chi connectivity index (χ4n) is 1.55. The molecule has 2 aromatic rings. The monoisotopic (exact) mass is 253 g/mol. The number of nitrogen functional groups attached to an aromatic ring is 1. The number of rotatable bonds is 5. The first-order valence-electron chi connectivity index (χ1n) is 5.17. The molecule has 0 saturated carbocycles. The van der Waals surface area contributed by atoms with E-state index in [-0.39, 0.29) is 0 Å². The SMILES string of the molecule is CSCCCNc1ccc2scnc2c1N. The molecule has 0 aliphatic rings. The summed E-state index contributed by atoms with van der Waals surface area (Å²) in [5.74, 6) is 1.17. The van der Waals surface area contributed by atoms with Crippen molar-refractivity contribution in [3.63, 3.8) is 0 Å². The van der Waals surface area contributed by atoms with Crippen molar-refractivity contribution in [1.29, 1.82) is 0 Å². The minimum absolute atomic E-state index is 0.767. The molecule has 5 heteroatoms. The Labute approximate surface area is 103 Å². The zero-order valence-corrected chi connectivity index (χ0v) is 10.8. The molecule has 2 rings (SSSR count). The normalized spacial score (nSPS) is 10.8. The molecule has 0 unspecified atom stereocenters. The molecule has 1 aromatic carbocycles. The van der Waals surface area contributed by atoms with Gasteiger partial charge in [0.1, 0.15) is 5.52 Å². The molecular weight excluding hydrogens is 238 g/mol. The average Bonchev–Trinajstić information content (AvgIpc) is 2.76. The van der Waals surface area contributed by atoms with Crippen LogP contribution in [0, 0.1) is 0 Å². The lowest BCUT2D eigenvalue weighted by molar-refractivity contribution is 0.994. The standard InChI is InChI=1S/C11H15N3S2/c1-15-6-2-5-13-8-3-4-9-11(10(8)12)14-7-16-9/h3-4,7,13H,2,5-6,12H2,1H3. The molecule has 86 valence electrons. The van der Waals surface area contributed by atoms with Crippen molar-refractivity contribution >= 4 is 44.7 Å². The van der Waals surface area contributed by atoms with Crippen LogP contribution in [0.15, 0.2) is 17.6 Å². The Bertz CT molecular complexity index is 467. The molecule has 16 heavy (non-hydrogen) atoms. The van der Waals surface area contributed by atoms with Crippen LogP contribution >= 0.6 is 23.1 Å². The zero-order chi connectivity index (χ0) is 11.4. The molecule has 0 radical (unpaired) electrons. The predicted octanol–water partition coefficient (Wildman–Crippen LogP) is 3.04. The number of benzene rings is 1. The van der Waals surface area contributed by atoms with E-state index in [1.807, 2.05) is 23.3 Å². The van der Waals surface area contributed by atoms with E-state index in [4.69, 9.17) is 5.73 Å². The maximum atomic E-state index is 6.05. The summed E-state index contributed by atoms with van der Waals surface area (Å²) in [6.45, 7) is 0.959. The molecule has 3 N–H and O–H groups in total. The van der Waals surface area contributed by atoms with Gasteiger partial charge in [-0.25, -0.2) is 4.98 Å². The van der Waals surface area contributed by atoms with E-state index in [9.17, 15) is 0 Å². The first-order chi connectivity index (χ1) is 7.83. The van der Waals surface area contributed by atoms with Crippen molar-refractivity contribution in [1.82, 2.24) is 4.98 Å². The Morgan fingerprint density at radius 1 is 1.50 bits per heavy atom. The lowest BCUT2D eigenvalue weighted by atomic mass is 10.2. The predicted molar refractivity (Wildman–Crippen MR) is 75.5 cm³/mol. The van der Waals surface area contributed by atoms with Crippen LogP contribution in [0.3, 0.4) is 0 Å².